The largest absolute Gasteiger partial charge is 0.393 e. The number of hydrogen-bond donors (Lipinski definition) is 1. The monoisotopic (exact) mass is 166 g/mol. The Bertz CT molecular complexity index is 179. The van der Waals surface area contributed by atoms with E-state index in [-0.39, 0.29) is 6.10 Å². The summed E-state index contributed by atoms with van der Waals surface area (Å²) in [6.07, 6.45) is 0.517. The Kier molecular flexibility index (Phi) is 6.39. The van der Waals surface area contributed by atoms with E-state index in [0.717, 1.165) is 6.42 Å². The van der Waals surface area contributed by atoms with Gasteiger partial charge in [0.25, 0.3) is 0 Å². The first-order valence-electron chi connectivity index (χ1n) is 4.51. The van der Waals surface area contributed by atoms with Crippen LogP contribution in [-0.4, -0.2) is 11.2 Å². The molecule has 0 saturated heterocycles. The minimum Gasteiger partial charge on any atom is -0.393 e. The van der Waals surface area contributed by atoms with Gasteiger partial charge in [-0.1, -0.05) is 44.2 Å². The van der Waals surface area contributed by atoms with E-state index in [4.69, 9.17) is 5.11 Å². The molecule has 0 heterocycles. The highest BCUT2D eigenvalue weighted by Gasteiger charge is 1.95. The fraction of sp³-hybridized carbons (Fsp3) is 0.455. The average molecular weight is 166 g/mol. The first-order chi connectivity index (χ1) is 5.79. The Labute approximate surface area is 75.1 Å². The van der Waals surface area contributed by atoms with Crippen LogP contribution in [0.5, 0.6) is 0 Å². The number of benzene rings is 1. The van der Waals surface area contributed by atoms with Crippen LogP contribution in [0, 0.1) is 0 Å². The molecule has 0 fully saturated rings. The van der Waals surface area contributed by atoms with Crippen molar-refractivity contribution in [3.05, 3.63) is 35.9 Å². The maximum atomic E-state index is 9.01. The Hall–Kier alpha value is -0.820. The Balaban J connectivity index is 0.000000561. The maximum Gasteiger partial charge on any atom is 0.0552 e. The van der Waals surface area contributed by atoms with Gasteiger partial charge in [-0.25, -0.2) is 0 Å². The zero-order valence-electron chi connectivity index (χ0n) is 8.12. The van der Waals surface area contributed by atoms with Crippen molar-refractivity contribution in [2.24, 2.45) is 0 Å². The molecule has 0 bridgehead atoms. The molecule has 0 aliphatic carbocycles. The zero-order valence-corrected chi connectivity index (χ0v) is 8.12. The smallest absolute Gasteiger partial charge is 0.0552 e. The van der Waals surface area contributed by atoms with E-state index >= 15 is 0 Å². The van der Waals surface area contributed by atoms with Gasteiger partial charge < -0.3 is 5.11 Å². The normalized spacial score (nSPS) is 11.3. The van der Waals surface area contributed by atoms with Crippen molar-refractivity contribution < 1.29 is 5.11 Å². The lowest BCUT2D eigenvalue weighted by Crippen LogP contribution is -2.03. The van der Waals surface area contributed by atoms with Crippen LogP contribution in [0.25, 0.3) is 0 Å². The Morgan fingerprint density at radius 3 is 2.08 bits per heavy atom. The van der Waals surface area contributed by atoms with Gasteiger partial charge in [0.1, 0.15) is 0 Å². The highest BCUT2D eigenvalue weighted by Crippen LogP contribution is 2.01. The van der Waals surface area contributed by atoms with Gasteiger partial charge in [-0.3, -0.25) is 0 Å². The molecule has 0 spiro atoms. The standard InChI is InChI=1S/C9H12O.C2H6/c1-8(10)7-9-5-3-2-4-6-9;1-2/h2-6,8,10H,7H2,1H3;1-2H3. The van der Waals surface area contributed by atoms with Crippen molar-refractivity contribution in [1.29, 1.82) is 0 Å². The van der Waals surface area contributed by atoms with Gasteiger partial charge in [0.2, 0.25) is 0 Å². The van der Waals surface area contributed by atoms with Crippen molar-refractivity contribution >= 4 is 0 Å². The lowest BCUT2D eigenvalue weighted by atomic mass is 10.1. The van der Waals surface area contributed by atoms with Crippen LogP contribution >= 0.6 is 0 Å². The zero-order chi connectivity index (χ0) is 9.40. The van der Waals surface area contributed by atoms with Crippen LogP contribution in [0.15, 0.2) is 30.3 Å². The summed E-state index contributed by atoms with van der Waals surface area (Å²) < 4.78 is 0. The number of hydrogen-bond acceptors (Lipinski definition) is 1. The molecule has 0 radical (unpaired) electrons. The van der Waals surface area contributed by atoms with Gasteiger partial charge in [0.15, 0.2) is 0 Å². The van der Waals surface area contributed by atoms with Crippen LogP contribution in [-0.2, 0) is 6.42 Å². The van der Waals surface area contributed by atoms with Gasteiger partial charge in [-0.15, -0.1) is 0 Å². The average Bonchev–Trinajstić information content (AvgIpc) is 2.08. The molecular weight excluding hydrogens is 148 g/mol. The van der Waals surface area contributed by atoms with Crippen molar-refractivity contribution in [1.82, 2.24) is 0 Å². The quantitative estimate of drug-likeness (QED) is 0.716. The molecule has 1 atom stereocenters. The maximum absolute atomic E-state index is 9.01. The molecule has 1 nitrogen and oxygen atoms in total. The molecule has 12 heavy (non-hydrogen) atoms. The summed E-state index contributed by atoms with van der Waals surface area (Å²) in [6.45, 7) is 5.80. The number of rotatable bonds is 2. The van der Waals surface area contributed by atoms with E-state index in [1.165, 1.54) is 5.56 Å². The predicted molar refractivity (Wildman–Crippen MR) is 53.2 cm³/mol. The van der Waals surface area contributed by atoms with Crippen molar-refractivity contribution in [3.63, 3.8) is 0 Å². The van der Waals surface area contributed by atoms with E-state index in [1.807, 2.05) is 44.2 Å². The van der Waals surface area contributed by atoms with E-state index in [0.29, 0.717) is 0 Å². The highest BCUT2D eigenvalue weighted by atomic mass is 16.3. The van der Waals surface area contributed by atoms with E-state index in [2.05, 4.69) is 0 Å². The summed E-state index contributed by atoms with van der Waals surface area (Å²) in [5.41, 5.74) is 1.19. The molecule has 1 rings (SSSR count). The fourth-order valence-electron chi connectivity index (χ4n) is 0.955. The fourth-order valence-corrected chi connectivity index (χ4v) is 0.955. The van der Waals surface area contributed by atoms with Gasteiger partial charge in [-0.2, -0.15) is 0 Å². The summed E-state index contributed by atoms with van der Waals surface area (Å²) in [6, 6.07) is 9.99. The first kappa shape index (κ1) is 11.2. The van der Waals surface area contributed by atoms with Crippen LogP contribution < -0.4 is 0 Å². The van der Waals surface area contributed by atoms with Gasteiger partial charge in [0, 0.05) is 0 Å². The molecule has 0 saturated carbocycles. The summed E-state index contributed by atoms with van der Waals surface area (Å²) in [4.78, 5) is 0. The third-order valence-corrected chi connectivity index (χ3v) is 1.37. The SMILES string of the molecule is CC.CC(O)Cc1ccccc1. The van der Waals surface area contributed by atoms with E-state index in [1.54, 1.807) is 6.92 Å². The minimum atomic E-state index is -0.234. The second-order valence-electron chi connectivity index (χ2n) is 2.54. The van der Waals surface area contributed by atoms with Crippen LogP contribution in [0.1, 0.15) is 26.3 Å². The van der Waals surface area contributed by atoms with Crippen LogP contribution in [0.4, 0.5) is 0 Å². The minimum absolute atomic E-state index is 0.234. The summed E-state index contributed by atoms with van der Waals surface area (Å²) in [5.74, 6) is 0. The lowest BCUT2D eigenvalue weighted by molar-refractivity contribution is 0.195. The molecule has 0 aromatic heterocycles. The molecule has 0 aliphatic heterocycles. The second kappa shape index (κ2) is 6.86. The molecular formula is C11H18O. The van der Waals surface area contributed by atoms with Crippen molar-refractivity contribution in [3.8, 4) is 0 Å². The molecule has 68 valence electrons. The molecule has 0 aliphatic rings. The number of aliphatic hydroxyl groups is 1. The third kappa shape index (κ3) is 4.91. The van der Waals surface area contributed by atoms with Crippen LogP contribution in [0.2, 0.25) is 0 Å². The van der Waals surface area contributed by atoms with Gasteiger partial charge in [-0.05, 0) is 18.9 Å². The van der Waals surface area contributed by atoms with Crippen LogP contribution in [0.3, 0.4) is 0 Å². The van der Waals surface area contributed by atoms with Crippen molar-refractivity contribution in [2.75, 3.05) is 0 Å². The Morgan fingerprint density at radius 1 is 1.17 bits per heavy atom. The van der Waals surface area contributed by atoms with Crippen molar-refractivity contribution in [2.45, 2.75) is 33.3 Å². The second-order valence-corrected chi connectivity index (χ2v) is 2.54. The predicted octanol–water partition coefficient (Wildman–Crippen LogP) is 2.64. The molecule has 1 heteroatoms. The molecule has 1 unspecified atom stereocenters. The first-order valence-corrected chi connectivity index (χ1v) is 4.51. The molecule has 0 amide bonds. The van der Waals surface area contributed by atoms with Gasteiger partial charge >= 0.3 is 0 Å². The highest BCUT2D eigenvalue weighted by molar-refractivity contribution is 5.15. The van der Waals surface area contributed by atoms with E-state index < -0.39 is 0 Å². The Morgan fingerprint density at radius 2 is 1.67 bits per heavy atom. The van der Waals surface area contributed by atoms with E-state index in [9.17, 15) is 0 Å². The lowest BCUT2D eigenvalue weighted by Gasteiger charge is -2.01. The molecule has 1 aromatic carbocycles. The van der Waals surface area contributed by atoms with Gasteiger partial charge in [0.05, 0.1) is 6.10 Å². The molecule has 1 N–H and O–H groups in total. The summed E-state index contributed by atoms with van der Waals surface area (Å²) in [7, 11) is 0. The number of aliphatic hydroxyl groups excluding tert-OH is 1. The topological polar surface area (TPSA) is 20.2 Å². The third-order valence-electron chi connectivity index (χ3n) is 1.37. The summed E-state index contributed by atoms with van der Waals surface area (Å²) >= 11 is 0. The molecule has 1 aromatic rings. The summed E-state index contributed by atoms with van der Waals surface area (Å²) in [5, 5.41) is 9.01.